The van der Waals surface area contributed by atoms with Gasteiger partial charge in [-0.2, -0.15) is 4.98 Å². The average molecular weight is 256 g/mol. The summed E-state index contributed by atoms with van der Waals surface area (Å²) in [6, 6.07) is 7.73. The molecule has 1 aliphatic heterocycles. The number of hydrogen-bond donors (Lipinski definition) is 2. The van der Waals surface area contributed by atoms with Crippen molar-refractivity contribution >= 4 is 5.91 Å². The first-order chi connectivity index (χ1) is 9.22. The van der Waals surface area contributed by atoms with Gasteiger partial charge in [0.2, 0.25) is 11.7 Å². The van der Waals surface area contributed by atoms with Crippen molar-refractivity contribution in [2.24, 2.45) is 0 Å². The number of nitrogens with zero attached hydrogens (tertiary/aromatic N) is 2. The number of rotatable bonds is 2. The number of aromatic nitrogens is 2. The molecule has 1 unspecified atom stereocenters. The van der Waals surface area contributed by atoms with Crippen LogP contribution in [0.2, 0.25) is 0 Å². The fourth-order valence-corrected chi connectivity index (χ4v) is 1.87. The van der Waals surface area contributed by atoms with E-state index < -0.39 is 0 Å². The zero-order valence-electron chi connectivity index (χ0n) is 10.3. The van der Waals surface area contributed by atoms with Crippen molar-refractivity contribution in [2.75, 3.05) is 0 Å². The van der Waals surface area contributed by atoms with Crippen molar-refractivity contribution < 1.29 is 9.32 Å². The molecular weight excluding hydrogens is 244 g/mol. The van der Waals surface area contributed by atoms with Gasteiger partial charge in [0, 0.05) is 18.6 Å². The molecule has 0 aliphatic carbocycles. The Morgan fingerprint density at radius 2 is 2.05 bits per heavy atom. The van der Waals surface area contributed by atoms with Crippen LogP contribution in [-0.4, -0.2) is 16.0 Å². The summed E-state index contributed by atoms with van der Waals surface area (Å²) in [7, 11) is 0. The highest BCUT2D eigenvalue weighted by atomic mass is 16.5. The largest absolute Gasteiger partial charge is 0.339 e. The molecule has 2 N–H and O–H groups in total. The number of benzene rings is 1. The standard InChI is InChI=1S/C13H12N4O2/c1-8-14-13(17-19-8)10-4-2-9(3-5-10)11-6-7-12(18)16-15-11/h2-7,11,15H,1H3,(H,16,18). The lowest BCUT2D eigenvalue weighted by molar-refractivity contribution is -0.118. The fraction of sp³-hybridized carbons (Fsp3) is 0.154. The van der Waals surface area contributed by atoms with Crippen molar-refractivity contribution in [1.82, 2.24) is 21.0 Å². The molecule has 0 radical (unpaired) electrons. The van der Waals surface area contributed by atoms with E-state index in [-0.39, 0.29) is 11.9 Å². The zero-order valence-corrected chi connectivity index (χ0v) is 10.3. The number of nitrogens with one attached hydrogen (secondary N) is 2. The lowest BCUT2D eigenvalue weighted by atomic mass is 10.0. The van der Waals surface area contributed by atoms with E-state index in [1.165, 1.54) is 6.08 Å². The molecule has 1 aromatic carbocycles. The molecular formula is C13H12N4O2. The molecule has 0 saturated heterocycles. The first-order valence-electron chi connectivity index (χ1n) is 5.87. The molecule has 0 saturated carbocycles. The molecule has 0 fully saturated rings. The third-order valence-electron chi connectivity index (χ3n) is 2.85. The minimum atomic E-state index is -0.143. The Morgan fingerprint density at radius 3 is 2.63 bits per heavy atom. The van der Waals surface area contributed by atoms with E-state index >= 15 is 0 Å². The van der Waals surface area contributed by atoms with E-state index in [2.05, 4.69) is 21.0 Å². The van der Waals surface area contributed by atoms with E-state index in [0.717, 1.165) is 11.1 Å². The molecule has 1 aliphatic rings. The Balaban J connectivity index is 1.83. The molecule has 1 aromatic heterocycles. The summed E-state index contributed by atoms with van der Waals surface area (Å²) >= 11 is 0. The summed E-state index contributed by atoms with van der Waals surface area (Å²) < 4.78 is 4.95. The topological polar surface area (TPSA) is 80.0 Å². The predicted molar refractivity (Wildman–Crippen MR) is 67.6 cm³/mol. The van der Waals surface area contributed by atoms with Gasteiger partial charge in [0.1, 0.15) is 0 Å². The fourth-order valence-electron chi connectivity index (χ4n) is 1.87. The molecule has 1 atom stereocenters. The Bertz CT molecular complexity index is 630. The molecule has 96 valence electrons. The number of aryl methyl sites for hydroxylation is 1. The Morgan fingerprint density at radius 1 is 1.26 bits per heavy atom. The van der Waals surface area contributed by atoms with Crippen LogP contribution in [0.4, 0.5) is 0 Å². The van der Waals surface area contributed by atoms with Crippen LogP contribution in [0.25, 0.3) is 11.4 Å². The number of carbonyl (C=O) groups excluding carboxylic acids is 1. The summed E-state index contributed by atoms with van der Waals surface area (Å²) in [5.41, 5.74) is 7.41. The van der Waals surface area contributed by atoms with Gasteiger partial charge in [-0.15, -0.1) is 0 Å². The van der Waals surface area contributed by atoms with Gasteiger partial charge in [-0.3, -0.25) is 10.2 Å². The van der Waals surface area contributed by atoms with E-state index in [0.29, 0.717) is 11.7 Å². The zero-order chi connectivity index (χ0) is 13.2. The maximum Gasteiger partial charge on any atom is 0.257 e. The van der Waals surface area contributed by atoms with Crippen LogP contribution < -0.4 is 10.9 Å². The highest BCUT2D eigenvalue weighted by Gasteiger charge is 2.13. The van der Waals surface area contributed by atoms with Crippen LogP contribution in [0.1, 0.15) is 17.5 Å². The van der Waals surface area contributed by atoms with Crippen molar-refractivity contribution in [1.29, 1.82) is 0 Å². The van der Waals surface area contributed by atoms with Crippen molar-refractivity contribution in [2.45, 2.75) is 13.0 Å². The van der Waals surface area contributed by atoms with Crippen molar-refractivity contribution in [3.05, 3.63) is 47.9 Å². The highest BCUT2D eigenvalue weighted by Crippen LogP contribution is 2.21. The van der Waals surface area contributed by atoms with Crippen LogP contribution in [0.5, 0.6) is 0 Å². The third kappa shape index (κ3) is 2.38. The van der Waals surface area contributed by atoms with Crippen molar-refractivity contribution in [3.8, 4) is 11.4 Å². The Kier molecular flexibility index (Phi) is 2.85. The summed E-state index contributed by atoms with van der Waals surface area (Å²) in [6.07, 6.45) is 3.32. The molecule has 6 nitrogen and oxygen atoms in total. The highest BCUT2D eigenvalue weighted by molar-refractivity contribution is 5.88. The second-order valence-corrected chi connectivity index (χ2v) is 4.23. The van der Waals surface area contributed by atoms with Crippen LogP contribution in [0, 0.1) is 6.92 Å². The second-order valence-electron chi connectivity index (χ2n) is 4.23. The van der Waals surface area contributed by atoms with Gasteiger partial charge in [0.25, 0.3) is 5.91 Å². The van der Waals surface area contributed by atoms with Crippen LogP contribution >= 0.6 is 0 Å². The summed E-state index contributed by atoms with van der Waals surface area (Å²) in [5.74, 6) is 0.971. The molecule has 0 spiro atoms. The van der Waals surface area contributed by atoms with Gasteiger partial charge in [0.05, 0.1) is 6.04 Å². The number of carbonyl (C=O) groups is 1. The lowest BCUT2D eigenvalue weighted by Gasteiger charge is -2.19. The van der Waals surface area contributed by atoms with Crippen LogP contribution in [0.15, 0.2) is 40.9 Å². The van der Waals surface area contributed by atoms with Gasteiger partial charge >= 0.3 is 0 Å². The van der Waals surface area contributed by atoms with Crippen LogP contribution in [0.3, 0.4) is 0 Å². The van der Waals surface area contributed by atoms with Gasteiger partial charge < -0.3 is 4.52 Å². The van der Waals surface area contributed by atoms with Crippen molar-refractivity contribution in [3.63, 3.8) is 0 Å². The molecule has 1 amide bonds. The van der Waals surface area contributed by atoms with E-state index in [9.17, 15) is 4.79 Å². The van der Waals surface area contributed by atoms with E-state index in [1.807, 2.05) is 30.3 Å². The van der Waals surface area contributed by atoms with Gasteiger partial charge in [-0.1, -0.05) is 35.5 Å². The average Bonchev–Trinajstić information content (AvgIpc) is 2.87. The van der Waals surface area contributed by atoms with Gasteiger partial charge in [-0.05, 0) is 5.56 Å². The predicted octanol–water partition coefficient (Wildman–Crippen LogP) is 1.28. The summed E-state index contributed by atoms with van der Waals surface area (Å²) in [4.78, 5) is 15.2. The van der Waals surface area contributed by atoms with E-state index in [1.54, 1.807) is 6.92 Å². The molecule has 6 heteroatoms. The van der Waals surface area contributed by atoms with Gasteiger partial charge in [-0.25, -0.2) is 5.43 Å². The van der Waals surface area contributed by atoms with E-state index in [4.69, 9.17) is 4.52 Å². The molecule has 19 heavy (non-hydrogen) atoms. The number of hydrazine groups is 1. The number of hydrogen-bond acceptors (Lipinski definition) is 5. The molecule has 2 heterocycles. The van der Waals surface area contributed by atoms with Crippen LogP contribution in [-0.2, 0) is 4.79 Å². The summed E-state index contributed by atoms with van der Waals surface area (Å²) in [5, 5.41) is 3.87. The number of amides is 1. The lowest BCUT2D eigenvalue weighted by Crippen LogP contribution is -2.41. The maximum absolute atomic E-state index is 11.0. The quantitative estimate of drug-likeness (QED) is 0.846. The first kappa shape index (κ1) is 11.6. The molecule has 3 rings (SSSR count). The monoisotopic (exact) mass is 256 g/mol. The third-order valence-corrected chi connectivity index (χ3v) is 2.85. The first-order valence-corrected chi connectivity index (χ1v) is 5.87. The minimum Gasteiger partial charge on any atom is -0.339 e. The Hall–Kier alpha value is -2.47. The second kappa shape index (κ2) is 4.66. The smallest absolute Gasteiger partial charge is 0.257 e. The molecule has 2 aromatic rings. The Labute approximate surface area is 109 Å². The summed E-state index contributed by atoms with van der Waals surface area (Å²) in [6.45, 7) is 1.75. The SMILES string of the molecule is Cc1nc(-c2ccc(C3C=CC(=O)NN3)cc2)no1. The molecule has 0 bridgehead atoms. The minimum absolute atomic E-state index is 0.0289. The maximum atomic E-state index is 11.0. The normalized spacial score (nSPS) is 18.4. The van der Waals surface area contributed by atoms with Gasteiger partial charge in [0.15, 0.2) is 0 Å².